The molecule has 0 aliphatic rings. The van der Waals surface area contributed by atoms with Crippen molar-refractivity contribution >= 4 is 23.0 Å². The average molecular weight is 412 g/mol. The number of nitriles is 1. The summed E-state index contributed by atoms with van der Waals surface area (Å²) >= 11 is 1.28. The van der Waals surface area contributed by atoms with Crippen molar-refractivity contribution in [2.75, 3.05) is 0 Å². The number of halogens is 3. The van der Waals surface area contributed by atoms with E-state index in [0.29, 0.717) is 27.8 Å². The summed E-state index contributed by atoms with van der Waals surface area (Å²) in [5, 5.41) is 11.7. The minimum Gasteiger partial charge on any atom is -0.463 e. The van der Waals surface area contributed by atoms with Crippen LogP contribution < -0.4 is 0 Å². The van der Waals surface area contributed by atoms with Crippen molar-refractivity contribution < 1.29 is 22.0 Å². The molecule has 0 N–H and O–H groups in total. The molecule has 0 spiro atoms. The van der Waals surface area contributed by atoms with Gasteiger partial charge in [-0.1, -0.05) is 12.1 Å². The maximum absolute atomic E-state index is 12.9. The van der Waals surface area contributed by atoms with Crippen LogP contribution in [0.25, 0.3) is 34.4 Å². The second-order valence-electron chi connectivity index (χ2n) is 5.97. The predicted molar refractivity (Wildman–Crippen MR) is 102 cm³/mol. The minimum absolute atomic E-state index is 0.273. The molecule has 0 saturated heterocycles. The van der Waals surface area contributed by atoms with Crippen LogP contribution in [0.3, 0.4) is 0 Å². The molecular formula is C21H11F3N2O2S. The van der Waals surface area contributed by atoms with E-state index < -0.39 is 11.7 Å². The first kappa shape index (κ1) is 18.8. The Balaban J connectivity index is 1.62. The topological polar surface area (TPSA) is 63.0 Å². The van der Waals surface area contributed by atoms with Gasteiger partial charge in [0.2, 0.25) is 0 Å². The Hall–Kier alpha value is -3.57. The molecule has 0 amide bonds. The first-order valence-electron chi connectivity index (χ1n) is 8.33. The molecule has 0 radical (unpaired) electrons. The zero-order chi connectivity index (χ0) is 20.4. The number of thiazole rings is 1. The Morgan fingerprint density at radius 2 is 1.97 bits per heavy atom. The number of rotatable bonds is 4. The molecule has 4 rings (SSSR count). The molecule has 4 nitrogen and oxygen atoms in total. The van der Waals surface area contributed by atoms with Gasteiger partial charge in [0.15, 0.2) is 5.76 Å². The smallest absolute Gasteiger partial charge is 0.416 e. The van der Waals surface area contributed by atoms with Crippen LogP contribution in [0.2, 0.25) is 0 Å². The Bertz CT molecular complexity index is 1210. The number of alkyl halides is 3. The predicted octanol–water partition coefficient (Wildman–Crippen LogP) is 6.75. The van der Waals surface area contributed by atoms with Gasteiger partial charge in [0.25, 0.3) is 0 Å². The van der Waals surface area contributed by atoms with E-state index in [1.807, 2.05) is 0 Å². The second-order valence-corrected chi connectivity index (χ2v) is 6.82. The molecule has 4 aromatic rings. The maximum Gasteiger partial charge on any atom is 0.416 e. The van der Waals surface area contributed by atoms with Crippen LogP contribution in [-0.2, 0) is 6.18 Å². The zero-order valence-electron chi connectivity index (χ0n) is 14.6. The third-order valence-electron chi connectivity index (χ3n) is 4.02. The van der Waals surface area contributed by atoms with E-state index in [9.17, 15) is 18.4 Å². The Kier molecular flexibility index (Phi) is 4.82. The molecule has 1 aromatic carbocycles. The summed E-state index contributed by atoms with van der Waals surface area (Å²) in [7, 11) is 0. The van der Waals surface area contributed by atoms with Gasteiger partial charge in [-0.2, -0.15) is 18.4 Å². The lowest BCUT2D eigenvalue weighted by Crippen LogP contribution is -2.04. The molecule has 0 atom stereocenters. The van der Waals surface area contributed by atoms with E-state index in [1.165, 1.54) is 35.8 Å². The first-order valence-corrected chi connectivity index (χ1v) is 9.21. The van der Waals surface area contributed by atoms with Gasteiger partial charge in [0, 0.05) is 17.0 Å². The number of allylic oxidation sites excluding steroid dienone is 1. The fourth-order valence-electron chi connectivity index (χ4n) is 2.65. The van der Waals surface area contributed by atoms with Gasteiger partial charge in [-0.25, -0.2) is 4.98 Å². The van der Waals surface area contributed by atoms with E-state index >= 15 is 0 Å². The average Bonchev–Trinajstić information content (AvgIpc) is 3.46. The van der Waals surface area contributed by atoms with E-state index in [1.54, 1.807) is 29.6 Å². The SMILES string of the molecule is N#CC(=Cc1ccc(-c2cccc(C(F)(F)F)c2)o1)c1nc(-c2ccco2)cs1. The summed E-state index contributed by atoms with van der Waals surface area (Å²) in [5.41, 5.74) is 0.430. The van der Waals surface area contributed by atoms with Crippen LogP contribution in [0.4, 0.5) is 13.2 Å². The molecule has 0 aliphatic carbocycles. The molecule has 3 aromatic heterocycles. The van der Waals surface area contributed by atoms with Crippen molar-refractivity contribution in [2.45, 2.75) is 6.18 Å². The van der Waals surface area contributed by atoms with Crippen LogP contribution in [0.1, 0.15) is 16.3 Å². The van der Waals surface area contributed by atoms with Crippen LogP contribution in [-0.4, -0.2) is 4.98 Å². The van der Waals surface area contributed by atoms with Crippen LogP contribution in [0.15, 0.2) is 69.0 Å². The van der Waals surface area contributed by atoms with Gasteiger partial charge >= 0.3 is 6.18 Å². The molecule has 0 aliphatic heterocycles. The van der Waals surface area contributed by atoms with E-state index in [4.69, 9.17) is 8.83 Å². The summed E-state index contributed by atoms with van der Waals surface area (Å²) in [6.07, 6.45) is -1.40. The molecular weight excluding hydrogens is 401 g/mol. The van der Waals surface area contributed by atoms with Gasteiger partial charge < -0.3 is 8.83 Å². The molecule has 3 heterocycles. The summed E-state index contributed by atoms with van der Waals surface area (Å²) < 4.78 is 49.7. The van der Waals surface area contributed by atoms with Gasteiger partial charge in [-0.15, -0.1) is 11.3 Å². The fourth-order valence-corrected chi connectivity index (χ4v) is 3.43. The molecule has 0 saturated carbocycles. The quantitative estimate of drug-likeness (QED) is 0.348. The monoisotopic (exact) mass is 412 g/mol. The fraction of sp³-hybridized carbons (Fsp3) is 0.0476. The van der Waals surface area contributed by atoms with Crippen molar-refractivity contribution in [3.05, 3.63) is 76.5 Å². The van der Waals surface area contributed by atoms with Gasteiger partial charge in [-0.05, 0) is 36.4 Å². The molecule has 144 valence electrons. The highest BCUT2D eigenvalue weighted by atomic mass is 32.1. The lowest BCUT2D eigenvalue weighted by Gasteiger charge is -2.07. The number of aromatic nitrogens is 1. The van der Waals surface area contributed by atoms with Crippen molar-refractivity contribution in [3.8, 4) is 28.8 Å². The van der Waals surface area contributed by atoms with Crippen molar-refractivity contribution in [2.24, 2.45) is 0 Å². The van der Waals surface area contributed by atoms with Crippen LogP contribution >= 0.6 is 11.3 Å². The maximum atomic E-state index is 12.9. The van der Waals surface area contributed by atoms with Crippen molar-refractivity contribution in [1.82, 2.24) is 4.98 Å². The number of benzene rings is 1. The highest BCUT2D eigenvalue weighted by Crippen LogP contribution is 2.33. The van der Waals surface area contributed by atoms with Crippen molar-refractivity contribution in [3.63, 3.8) is 0 Å². The zero-order valence-corrected chi connectivity index (χ0v) is 15.4. The number of hydrogen-bond acceptors (Lipinski definition) is 5. The largest absolute Gasteiger partial charge is 0.463 e. The summed E-state index contributed by atoms with van der Waals surface area (Å²) in [4.78, 5) is 4.39. The summed E-state index contributed by atoms with van der Waals surface area (Å²) in [6.45, 7) is 0. The molecule has 0 fully saturated rings. The van der Waals surface area contributed by atoms with E-state index in [0.717, 1.165) is 12.1 Å². The van der Waals surface area contributed by atoms with Gasteiger partial charge in [0.1, 0.15) is 28.3 Å². The van der Waals surface area contributed by atoms with Crippen LogP contribution in [0, 0.1) is 11.3 Å². The number of nitrogens with zero attached hydrogens (tertiary/aromatic N) is 2. The minimum atomic E-state index is -4.43. The highest BCUT2D eigenvalue weighted by molar-refractivity contribution is 7.11. The third kappa shape index (κ3) is 4.00. The number of hydrogen-bond donors (Lipinski definition) is 0. The third-order valence-corrected chi connectivity index (χ3v) is 4.89. The lowest BCUT2D eigenvalue weighted by molar-refractivity contribution is -0.137. The van der Waals surface area contributed by atoms with E-state index in [2.05, 4.69) is 11.1 Å². The standard InChI is InChI=1S/C21H11F3N2O2S/c22-21(23,24)15-4-1-3-13(9-15)18-7-6-16(28-18)10-14(11-25)20-26-17(12-29-20)19-5-2-8-27-19/h1-10,12H. The lowest BCUT2D eigenvalue weighted by atomic mass is 10.1. The normalized spacial score (nSPS) is 12.1. The van der Waals surface area contributed by atoms with Gasteiger partial charge in [-0.3, -0.25) is 0 Å². The molecule has 0 unspecified atom stereocenters. The van der Waals surface area contributed by atoms with Gasteiger partial charge in [0.05, 0.1) is 17.4 Å². The Labute approximate surface area is 167 Å². The second kappa shape index (κ2) is 7.45. The van der Waals surface area contributed by atoms with Crippen LogP contribution in [0.5, 0.6) is 0 Å². The Morgan fingerprint density at radius 1 is 1.10 bits per heavy atom. The summed E-state index contributed by atoms with van der Waals surface area (Å²) in [6, 6.07) is 13.6. The summed E-state index contributed by atoms with van der Waals surface area (Å²) in [5.74, 6) is 1.20. The molecule has 8 heteroatoms. The highest BCUT2D eigenvalue weighted by Gasteiger charge is 2.30. The number of furan rings is 2. The molecule has 0 bridgehead atoms. The first-order chi connectivity index (χ1) is 13.9. The molecule has 29 heavy (non-hydrogen) atoms. The van der Waals surface area contributed by atoms with Crippen molar-refractivity contribution in [1.29, 1.82) is 5.26 Å². The van der Waals surface area contributed by atoms with E-state index in [-0.39, 0.29) is 11.3 Å². The Morgan fingerprint density at radius 3 is 2.69 bits per heavy atom.